The number of anilines is 1. The Morgan fingerprint density at radius 2 is 1.88 bits per heavy atom. The molecule has 0 N–H and O–H groups in total. The Balaban J connectivity index is 1.64. The maximum atomic E-state index is 12.8. The monoisotopic (exact) mass is 394 g/mol. The lowest BCUT2D eigenvalue weighted by Gasteiger charge is -2.43. The molecule has 0 saturated carbocycles. The quantitative estimate of drug-likeness (QED) is 0.755. The molecule has 7 nitrogen and oxygen atoms in total. The predicted molar refractivity (Wildman–Crippen MR) is 88.7 cm³/mol. The second-order valence-corrected chi connectivity index (χ2v) is 8.25. The molecule has 2 aliphatic heterocycles. The maximum Gasteiger partial charge on any atom is 0.417 e. The van der Waals surface area contributed by atoms with Crippen LogP contribution in [0.5, 0.6) is 0 Å². The highest BCUT2D eigenvalue weighted by atomic mass is 32.2. The lowest BCUT2D eigenvalue weighted by Crippen LogP contribution is -2.59. The van der Waals surface area contributed by atoms with Crippen LogP contribution in [0.15, 0.2) is 18.5 Å². The van der Waals surface area contributed by atoms with Gasteiger partial charge >= 0.3 is 6.18 Å². The fourth-order valence-corrected chi connectivity index (χ4v) is 4.96. The van der Waals surface area contributed by atoms with Crippen LogP contribution in [-0.4, -0.2) is 67.5 Å². The van der Waals surface area contributed by atoms with E-state index in [1.807, 2.05) is 0 Å². The van der Waals surface area contributed by atoms with Gasteiger partial charge in [-0.2, -0.15) is 22.5 Å². The molecule has 26 heavy (non-hydrogen) atoms. The summed E-state index contributed by atoms with van der Waals surface area (Å²) in [6, 6.07) is 1.04. The first-order valence-electron chi connectivity index (χ1n) is 8.39. The van der Waals surface area contributed by atoms with Crippen molar-refractivity contribution in [3.05, 3.63) is 24.0 Å². The SMILES string of the molecule is CCON1CCC1S(=O)(=O)N1CCN(c2cncc(C(F)(F)F)c2)CC1. The molecule has 146 valence electrons. The van der Waals surface area contributed by atoms with Crippen LogP contribution in [0.3, 0.4) is 0 Å². The summed E-state index contributed by atoms with van der Waals surface area (Å²) in [6.07, 6.45) is -1.80. The van der Waals surface area contributed by atoms with Crippen molar-refractivity contribution in [1.82, 2.24) is 14.4 Å². The number of hydrogen-bond acceptors (Lipinski definition) is 6. The van der Waals surface area contributed by atoms with Crippen molar-refractivity contribution in [2.75, 3.05) is 44.2 Å². The van der Waals surface area contributed by atoms with E-state index < -0.39 is 27.1 Å². The highest BCUT2D eigenvalue weighted by Crippen LogP contribution is 2.32. The Hall–Kier alpha value is -1.43. The topological polar surface area (TPSA) is 66.0 Å². The number of alkyl halides is 3. The minimum Gasteiger partial charge on any atom is -0.368 e. The van der Waals surface area contributed by atoms with E-state index >= 15 is 0 Å². The number of piperazine rings is 1. The van der Waals surface area contributed by atoms with Crippen molar-refractivity contribution in [3.63, 3.8) is 0 Å². The molecule has 3 rings (SSSR count). The summed E-state index contributed by atoms with van der Waals surface area (Å²) >= 11 is 0. The Morgan fingerprint density at radius 3 is 2.42 bits per heavy atom. The summed E-state index contributed by atoms with van der Waals surface area (Å²) in [5, 5.41) is 0.794. The highest BCUT2D eigenvalue weighted by molar-refractivity contribution is 7.89. The fraction of sp³-hybridized carbons (Fsp3) is 0.667. The summed E-state index contributed by atoms with van der Waals surface area (Å²) in [7, 11) is -3.52. The third-order valence-corrected chi connectivity index (χ3v) is 6.81. The van der Waals surface area contributed by atoms with Gasteiger partial charge in [0.1, 0.15) is 0 Å². The highest BCUT2D eigenvalue weighted by Gasteiger charge is 2.44. The molecule has 0 aromatic carbocycles. The van der Waals surface area contributed by atoms with Crippen molar-refractivity contribution in [3.8, 4) is 0 Å². The number of sulfonamides is 1. The van der Waals surface area contributed by atoms with Gasteiger partial charge in [-0.15, -0.1) is 0 Å². The fourth-order valence-electron chi connectivity index (χ4n) is 3.08. The molecular weight excluding hydrogens is 373 g/mol. The summed E-state index contributed by atoms with van der Waals surface area (Å²) in [6.45, 7) is 3.83. The van der Waals surface area contributed by atoms with Gasteiger partial charge < -0.3 is 4.90 Å². The van der Waals surface area contributed by atoms with Gasteiger partial charge in [0.05, 0.1) is 24.1 Å². The lowest BCUT2D eigenvalue weighted by molar-refractivity contribution is -0.206. The maximum absolute atomic E-state index is 12.8. The van der Waals surface area contributed by atoms with Crippen LogP contribution in [0, 0.1) is 0 Å². The zero-order valence-electron chi connectivity index (χ0n) is 14.3. The van der Waals surface area contributed by atoms with E-state index in [0.717, 1.165) is 12.3 Å². The Labute approximate surface area is 150 Å². The number of nitrogens with zero attached hydrogens (tertiary/aromatic N) is 4. The van der Waals surface area contributed by atoms with Crippen LogP contribution in [0.2, 0.25) is 0 Å². The van der Waals surface area contributed by atoms with E-state index in [4.69, 9.17) is 4.84 Å². The van der Waals surface area contributed by atoms with Gasteiger partial charge in [-0.25, -0.2) is 8.42 Å². The number of pyridine rings is 1. The number of hydroxylamine groups is 2. The average Bonchev–Trinajstić information content (AvgIpc) is 2.58. The van der Waals surface area contributed by atoms with Gasteiger partial charge in [0.2, 0.25) is 10.0 Å². The van der Waals surface area contributed by atoms with Crippen molar-refractivity contribution < 1.29 is 26.4 Å². The molecule has 1 unspecified atom stereocenters. The zero-order valence-corrected chi connectivity index (χ0v) is 15.1. The molecule has 1 aromatic heterocycles. The third kappa shape index (κ3) is 3.80. The molecule has 2 aliphatic rings. The van der Waals surface area contributed by atoms with E-state index in [1.165, 1.54) is 15.6 Å². The Kier molecular flexibility index (Phi) is 5.42. The van der Waals surface area contributed by atoms with Crippen LogP contribution in [0.1, 0.15) is 18.9 Å². The zero-order chi connectivity index (χ0) is 18.9. The van der Waals surface area contributed by atoms with Gasteiger partial charge in [-0.3, -0.25) is 9.82 Å². The second-order valence-electron chi connectivity index (χ2n) is 6.16. The summed E-state index contributed by atoms with van der Waals surface area (Å²) in [5.74, 6) is 0. The van der Waals surface area contributed by atoms with Gasteiger partial charge in [-0.1, -0.05) is 0 Å². The van der Waals surface area contributed by atoms with Crippen LogP contribution in [-0.2, 0) is 21.0 Å². The Morgan fingerprint density at radius 1 is 1.19 bits per heavy atom. The molecule has 11 heteroatoms. The minimum atomic E-state index is -4.46. The van der Waals surface area contributed by atoms with Crippen molar-refractivity contribution in [1.29, 1.82) is 0 Å². The van der Waals surface area contributed by atoms with Gasteiger partial charge in [0.15, 0.2) is 5.37 Å². The van der Waals surface area contributed by atoms with Crippen molar-refractivity contribution in [2.45, 2.75) is 24.9 Å². The van der Waals surface area contributed by atoms with Gasteiger partial charge in [0.25, 0.3) is 0 Å². The molecule has 0 radical (unpaired) electrons. The van der Waals surface area contributed by atoms with Crippen molar-refractivity contribution >= 4 is 15.7 Å². The van der Waals surface area contributed by atoms with Crippen LogP contribution >= 0.6 is 0 Å². The molecule has 3 heterocycles. The molecule has 1 aromatic rings. The standard InChI is InChI=1S/C15H21F3N4O3S/c1-2-25-22-4-3-14(22)26(23,24)21-7-5-20(6-8-21)13-9-12(10-19-11-13)15(16,17)18/h9-11,14H,2-8H2,1H3. The van der Waals surface area contributed by atoms with Crippen molar-refractivity contribution in [2.24, 2.45) is 0 Å². The molecule has 1 atom stereocenters. The molecule has 2 saturated heterocycles. The number of hydrogen-bond donors (Lipinski definition) is 0. The summed E-state index contributed by atoms with van der Waals surface area (Å²) in [5.41, 5.74) is -0.469. The predicted octanol–water partition coefficient (Wildman–Crippen LogP) is 1.54. The van der Waals surface area contributed by atoms with Crippen LogP contribution in [0.4, 0.5) is 18.9 Å². The molecule has 0 aliphatic carbocycles. The molecule has 0 spiro atoms. The van der Waals surface area contributed by atoms with Crippen LogP contribution < -0.4 is 4.90 Å². The van der Waals surface area contributed by atoms with E-state index in [9.17, 15) is 21.6 Å². The Bertz CT molecular complexity index is 736. The van der Waals surface area contributed by atoms with E-state index in [0.29, 0.717) is 38.3 Å². The summed E-state index contributed by atoms with van der Waals surface area (Å²) < 4.78 is 65.3. The summed E-state index contributed by atoms with van der Waals surface area (Å²) in [4.78, 5) is 10.7. The third-order valence-electron chi connectivity index (χ3n) is 4.57. The average molecular weight is 394 g/mol. The van der Waals surface area contributed by atoms with E-state index in [-0.39, 0.29) is 13.1 Å². The molecule has 0 bridgehead atoms. The minimum absolute atomic E-state index is 0.217. The number of halogens is 3. The van der Waals surface area contributed by atoms with Crippen LogP contribution in [0.25, 0.3) is 0 Å². The number of rotatable bonds is 5. The van der Waals surface area contributed by atoms with Gasteiger partial charge in [0, 0.05) is 38.9 Å². The molecule has 2 fully saturated rings. The first kappa shape index (κ1) is 19.3. The largest absolute Gasteiger partial charge is 0.417 e. The normalized spacial score (nSPS) is 23.1. The van der Waals surface area contributed by atoms with E-state index in [1.54, 1.807) is 11.8 Å². The smallest absolute Gasteiger partial charge is 0.368 e. The van der Waals surface area contributed by atoms with Gasteiger partial charge in [-0.05, 0) is 19.4 Å². The number of aromatic nitrogens is 1. The first-order valence-corrected chi connectivity index (χ1v) is 9.89. The lowest BCUT2D eigenvalue weighted by atomic mass is 10.2. The molecular formula is C15H21F3N4O3S. The molecule has 0 amide bonds. The second kappa shape index (κ2) is 7.29. The first-order chi connectivity index (χ1) is 12.2. The van der Waals surface area contributed by atoms with E-state index in [2.05, 4.69) is 4.98 Å².